The maximum absolute atomic E-state index is 12.9. The smallest absolute Gasteiger partial charge is 0.252 e. The minimum Gasteiger partial charge on any atom is -0.340 e. The number of aromatic nitrogens is 1. The minimum absolute atomic E-state index is 0.0519. The molecule has 0 aliphatic carbocycles. The van der Waals surface area contributed by atoms with Gasteiger partial charge in [0.2, 0.25) is 10.0 Å². The Kier molecular flexibility index (Phi) is 6.18. The molecule has 1 unspecified atom stereocenters. The maximum atomic E-state index is 12.9. The Hall–Kier alpha value is -3.03. The molecule has 144 valence electrons. The van der Waals surface area contributed by atoms with Crippen molar-refractivity contribution in [3.8, 4) is 0 Å². The highest BCUT2D eigenvalue weighted by atomic mass is 32.2. The van der Waals surface area contributed by atoms with Crippen molar-refractivity contribution < 1.29 is 13.2 Å². The Morgan fingerprint density at radius 1 is 1.00 bits per heavy atom. The molecule has 0 aliphatic rings. The summed E-state index contributed by atoms with van der Waals surface area (Å²) in [5, 5.41) is 2.96. The fourth-order valence-corrected chi connectivity index (χ4v) is 3.90. The Morgan fingerprint density at radius 3 is 2.43 bits per heavy atom. The fourth-order valence-electron chi connectivity index (χ4n) is 2.81. The summed E-state index contributed by atoms with van der Waals surface area (Å²) < 4.78 is 26.9. The molecule has 3 rings (SSSR count). The third kappa shape index (κ3) is 4.62. The van der Waals surface area contributed by atoms with E-state index in [4.69, 9.17) is 0 Å². The van der Waals surface area contributed by atoms with E-state index in [0.717, 1.165) is 5.56 Å². The van der Waals surface area contributed by atoms with E-state index < -0.39 is 16.1 Å². The molecule has 0 saturated heterocycles. The lowest BCUT2D eigenvalue weighted by molar-refractivity contribution is 0.0942. The summed E-state index contributed by atoms with van der Waals surface area (Å²) in [5.41, 5.74) is 1.83. The van der Waals surface area contributed by atoms with Crippen LogP contribution in [0.25, 0.3) is 0 Å². The highest BCUT2D eigenvalue weighted by Gasteiger charge is 2.20. The maximum Gasteiger partial charge on any atom is 0.252 e. The lowest BCUT2D eigenvalue weighted by Crippen LogP contribution is -2.30. The molecule has 0 bridgehead atoms. The van der Waals surface area contributed by atoms with Gasteiger partial charge in [0.05, 0.1) is 16.6 Å². The van der Waals surface area contributed by atoms with E-state index in [9.17, 15) is 13.2 Å². The fraction of sp³-hybridized carbons (Fsp3) is 0.143. The molecular weight excluding hydrogens is 374 g/mol. The third-order valence-corrected chi connectivity index (χ3v) is 5.68. The molecule has 2 aromatic carbocycles. The van der Waals surface area contributed by atoms with Gasteiger partial charge in [0, 0.05) is 18.3 Å². The van der Waals surface area contributed by atoms with Gasteiger partial charge in [-0.1, -0.05) is 49.4 Å². The van der Waals surface area contributed by atoms with Crippen molar-refractivity contribution in [2.75, 3.05) is 6.54 Å². The Labute approximate surface area is 164 Å². The predicted molar refractivity (Wildman–Crippen MR) is 107 cm³/mol. The van der Waals surface area contributed by atoms with E-state index in [1.54, 1.807) is 25.3 Å². The second-order valence-corrected chi connectivity index (χ2v) is 7.87. The van der Waals surface area contributed by atoms with E-state index in [1.807, 2.05) is 48.5 Å². The average Bonchev–Trinajstić information content (AvgIpc) is 2.73. The summed E-state index contributed by atoms with van der Waals surface area (Å²) in [5.74, 6) is -0.381. The van der Waals surface area contributed by atoms with Crippen LogP contribution in [0.15, 0.2) is 83.9 Å². The highest BCUT2D eigenvalue weighted by molar-refractivity contribution is 7.89. The Morgan fingerprint density at radius 2 is 1.75 bits per heavy atom. The van der Waals surface area contributed by atoms with Crippen molar-refractivity contribution in [1.29, 1.82) is 0 Å². The van der Waals surface area contributed by atoms with Crippen LogP contribution in [0.5, 0.6) is 0 Å². The van der Waals surface area contributed by atoms with Crippen LogP contribution in [0, 0.1) is 0 Å². The molecular formula is C21H21N3O3S. The molecule has 0 saturated carbocycles. The van der Waals surface area contributed by atoms with Crippen molar-refractivity contribution in [3.05, 3.63) is 95.8 Å². The second-order valence-electron chi connectivity index (χ2n) is 6.10. The molecule has 6 nitrogen and oxygen atoms in total. The topological polar surface area (TPSA) is 88.2 Å². The molecule has 0 radical (unpaired) electrons. The summed E-state index contributed by atoms with van der Waals surface area (Å²) in [6.45, 7) is 1.97. The average molecular weight is 395 g/mol. The first-order valence-electron chi connectivity index (χ1n) is 8.87. The van der Waals surface area contributed by atoms with Gasteiger partial charge in [-0.05, 0) is 35.9 Å². The molecule has 0 spiro atoms. The summed E-state index contributed by atoms with van der Waals surface area (Å²) >= 11 is 0. The summed E-state index contributed by atoms with van der Waals surface area (Å²) in [6, 6.07) is 20.5. The lowest BCUT2D eigenvalue weighted by Gasteiger charge is -2.19. The number of hydrogen-bond acceptors (Lipinski definition) is 4. The number of hydrogen-bond donors (Lipinski definition) is 2. The van der Waals surface area contributed by atoms with Crippen LogP contribution >= 0.6 is 0 Å². The van der Waals surface area contributed by atoms with E-state index in [-0.39, 0.29) is 22.9 Å². The molecule has 0 aliphatic heterocycles. The first-order chi connectivity index (χ1) is 13.5. The number of sulfonamides is 1. The number of amides is 1. The van der Waals surface area contributed by atoms with Gasteiger partial charge in [-0.25, -0.2) is 13.1 Å². The largest absolute Gasteiger partial charge is 0.340 e. The number of pyridine rings is 1. The van der Waals surface area contributed by atoms with Gasteiger partial charge in [0.15, 0.2) is 0 Å². The molecule has 2 N–H and O–H groups in total. The Bertz CT molecular complexity index is 999. The van der Waals surface area contributed by atoms with Crippen LogP contribution in [0.4, 0.5) is 0 Å². The molecule has 7 heteroatoms. The van der Waals surface area contributed by atoms with E-state index in [1.165, 1.54) is 12.1 Å². The minimum atomic E-state index is -3.64. The van der Waals surface area contributed by atoms with Crippen molar-refractivity contribution in [2.45, 2.75) is 17.9 Å². The molecule has 1 heterocycles. The van der Waals surface area contributed by atoms with E-state index >= 15 is 0 Å². The van der Waals surface area contributed by atoms with Crippen molar-refractivity contribution in [1.82, 2.24) is 15.0 Å². The Balaban J connectivity index is 1.91. The van der Waals surface area contributed by atoms with Crippen molar-refractivity contribution in [2.24, 2.45) is 0 Å². The van der Waals surface area contributed by atoms with Crippen LogP contribution in [-0.2, 0) is 10.0 Å². The number of nitrogens with one attached hydrogen (secondary N) is 2. The summed E-state index contributed by atoms with van der Waals surface area (Å²) in [4.78, 5) is 17.3. The molecule has 1 aromatic heterocycles. The molecule has 3 aromatic rings. The third-order valence-electron chi connectivity index (χ3n) is 4.13. The SMILES string of the molecule is CCNS(=O)(=O)c1cccc(C(=O)NC(c2ccccc2)c2ccccn2)c1. The lowest BCUT2D eigenvalue weighted by atomic mass is 10.0. The first kappa shape index (κ1) is 19.7. The summed E-state index contributed by atoms with van der Waals surface area (Å²) in [7, 11) is -3.64. The van der Waals surface area contributed by atoms with E-state index in [2.05, 4.69) is 15.0 Å². The summed E-state index contributed by atoms with van der Waals surface area (Å²) in [6.07, 6.45) is 1.67. The molecule has 1 atom stereocenters. The van der Waals surface area contributed by atoms with Gasteiger partial charge < -0.3 is 5.32 Å². The highest BCUT2D eigenvalue weighted by Crippen LogP contribution is 2.21. The van der Waals surface area contributed by atoms with Crippen molar-refractivity contribution >= 4 is 15.9 Å². The van der Waals surface area contributed by atoms with Crippen LogP contribution in [-0.4, -0.2) is 25.9 Å². The first-order valence-corrected chi connectivity index (χ1v) is 10.4. The second kappa shape index (κ2) is 8.77. The molecule has 1 amide bonds. The van der Waals surface area contributed by atoms with Gasteiger partial charge in [0.1, 0.15) is 0 Å². The molecule has 0 fully saturated rings. The standard InChI is InChI=1S/C21H21N3O3S/c1-2-23-28(26,27)18-12-8-11-17(15-18)21(25)24-20(16-9-4-3-5-10-16)19-13-6-7-14-22-19/h3-15,20,23H,2H2,1H3,(H,24,25). The van der Waals surface area contributed by atoms with Crippen LogP contribution in [0.1, 0.15) is 34.6 Å². The zero-order chi connectivity index (χ0) is 20.0. The van der Waals surface area contributed by atoms with Crippen LogP contribution in [0.3, 0.4) is 0 Å². The van der Waals surface area contributed by atoms with Gasteiger partial charge >= 0.3 is 0 Å². The van der Waals surface area contributed by atoms with Gasteiger partial charge in [-0.2, -0.15) is 0 Å². The molecule has 28 heavy (non-hydrogen) atoms. The zero-order valence-corrected chi connectivity index (χ0v) is 16.2. The number of rotatable bonds is 7. The number of nitrogens with zero attached hydrogens (tertiary/aromatic N) is 1. The quantitative estimate of drug-likeness (QED) is 0.644. The number of carbonyl (C=O) groups excluding carboxylic acids is 1. The van der Waals surface area contributed by atoms with Crippen LogP contribution < -0.4 is 10.0 Å². The number of carbonyl (C=O) groups is 1. The van der Waals surface area contributed by atoms with Crippen molar-refractivity contribution in [3.63, 3.8) is 0 Å². The zero-order valence-electron chi connectivity index (χ0n) is 15.4. The normalized spacial score (nSPS) is 12.3. The van der Waals surface area contributed by atoms with Crippen LogP contribution in [0.2, 0.25) is 0 Å². The van der Waals surface area contributed by atoms with E-state index in [0.29, 0.717) is 5.69 Å². The van der Waals surface area contributed by atoms with Gasteiger partial charge in [-0.3, -0.25) is 9.78 Å². The monoisotopic (exact) mass is 395 g/mol. The number of benzene rings is 2. The van der Waals surface area contributed by atoms with Gasteiger partial charge in [-0.15, -0.1) is 0 Å². The predicted octanol–water partition coefficient (Wildman–Crippen LogP) is 2.90. The van der Waals surface area contributed by atoms with Gasteiger partial charge in [0.25, 0.3) is 5.91 Å².